The Kier molecular flexibility index (Phi) is 2.87. The maximum absolute atomic E-state index is 11.0. The van der Waals surface area contributed by atoms with Gasteiger partial charge < -0.3 is 5.73 Å². The van der Waals surface area contributed by atoms with Gasteiger partial charge in [0.1, 0.15) is 0 Å². The Morgan fingerprint density at radius 3 is 2.08 bits per heavy atom. The monoisotopic (exact) mass is 197 g/mol. The fourth-order valence-corrected chi connectivity index (χ4v) is 1.59. The molecule has 1 rings (SSSR count). The third-order valence-electron chi connectivity index (χ3n) is 1.68. The zero-order valence-corrected chi connectivity index (χ0v) is 8.60. The Bertz CT molecular complexity index is 328. The van der Waals surface area contributed by atoms with Gasteiger partial charge in [0.15, 0.2) is 5.16 Å². The summed E-state index contributed by atoms with van der Waals surface area (Å²) in [5, 5.41) is 0.667. The number of aromatic nitrogens is 2. The van der Waals surface area contributed by atoms with Crippen molar-refractivity contribution in [1.29, 1.82) is 0 Å². The van der Waals surface area contributed by atoms with Gasteiger partial charge in [-0.15, -0.1) is 0 Å². The molecule has 5 heteroatoms. The van der Waals surface area contributed by atoms with Crippen molar-refractivity contribution >= 4 is 17.7 Å². The number of aryl methyl sites for hydroxylation is 2. The zero-order valence-electron chi connectivity index (χ0n) is 7.79. The molecule has 13 heavy (non-hydrogen) atoms. The van der Waals surface area contributed by atoms with E-state index in [2.05, 4.69) is 9.97 Å². The first-order valence-electron chi connectivity index (χ1n) is 3.75. The van der Waals surface area contributed by atoms with Crippen LogP contribution in [0.4, 0.5) is 0 Å². The van der Waals surface area contributed by atoms with Gasteiger partial charge in [-0.2, -0.15) is 0 Å². The van der Waals surface area contributed by atoms with Crippen LogP contribution in [0.25, 0.3) is 0 Å². The van der Waals surface area contributed by atoms with Crippen LogP contribution in [0.2, 0.25) is 0 Å². The van der Waals surface area contributed by atoms with Crippen molar-refractivity contribution < 1.29 is 4.79 Å². The van der Waals surface area contributed by atoms with Gasteiger partial charge in [0, 0.05) is 0 Å². The topological polar surface area (TPSA) is 68.9 Å². The van der Waals surface area contributed by atoms with E-state index in [0.29, 0.717) is 22.1 Å². The standard InChI is InChI=1S/C8H11N3OS/c1-4-6(7(9)12)5(2)11-8(10-4)13-3/h1-3H3,(H2,9,12). The summed E-state index contributed by atoms with van der Waals surface area (Å²) in [6.07, 6.45) is 1.89. The van der Waals surface area contributed by atoms with Crippen molar-refractivity contribution in [3.8, 4) is 0 Å². The quantitative estimate of drug-likeness (QED) is 0.565. The molecule has 0 aliphatic carbocycles. The lowest BCUT2D eigenvalue weighted by Crippen LogP contribution is -2.16. The number of primary amides is 1. The second-order valence-corrected chi connectivity index (χ2v) is 3.39. The van der Waals surface area contributed by atoms with Crippen LogP contribution in [0.5, 0.6) is 0 Å². The van der Waals surface area contributed by atoms with Crippen molar-refractivity contribution in [3.05, 3.63) is 17.0 Å². The van der Waals surface area contributed by atoms with Gasteiger partial charge in [0.25, 0.3) is 5.91 Å². The van der Waals surface area contributed by atoms with Crippen LogP contribution < -0.4 is 5.73 Å². The van der Waals surface area contributed by atoms with Gasteiger partial charge in [-0.1, -0.05) is 11.8 Å². The molecule has 0 spiro atoms. The van der Waals surface area contributed by atoms with E-state index in [0.717, 1.165) is 0 Å². The molecular formula is C8H11N3OS. The largest absolute Gasteiger partial charge is 0.365 e. The zero-order chi connectivity index (χ0) is 10.0. The minimum atomic E-state index is -0.470. The summed E-state index contributed by atoms with van der Waals surface area (Å²) in [6, 6.07) is 0. The smallest absolute Gasteiger partial charge is 0.252 e. The van der Waals surface area contributed by atoms with Crippen LogP contribution in [0.3, 0.4) is 0 Å². The molecule has 0 saturated carbocycles. The summed E-state index contributed by atoms with van der Waals surface area (Å²) < 4.78 is 0. The van der Waals surface area contributed by atoms with Gasteiger partial charge in [-0.05, 0) is 20.1 Å². The molecule has 1 aromatic rings. The van der Waals surface area contributed by atoms with Crippen LogP contribution in [-0.2, 0) is 0 Å². The highest BCUT2D eigenvalue weighted by molar-refractivity contribution is 7.98. The first kappa shape index (κ1) is 9.98. The van der Waals surface area contributed by atoms with E-state index >= 15 is 0 Å². The summed E-state index contributed by atoms with van der Waals surface area (Å²) in [5.74, 6) is -0.470. The lowest BCUT2D eigenvalue weighted by Gasteiger charge is -2.05. The average molecular weight is 197 g/mol. The molecule has 0 radical (unpaired) electrons. The molecular weight excluding hydrogens is 186 g/mol. The molecule has 1 heterocycles. The highest BCUT2D eigenvalue weighted by Gasteiger charge is 2.12. The predicted molar refractivity (Wildman–Crippen MR) is 51.8 cm³/mol. The van der Waals surface area contributed by atoms with E-state index in [-0.39, 0.29) is 0 Å². The average Bonchev–Trinajstić information content (AvgIpc) is 2.02. The molecule has 1 aromatic heterocycles. The highest BCUT2D eigenvalue weighted by Crippen LogP contribution is 2.14. The van der Waals surface area contributed by atoms with Crippen LogP contribution in [-0.4, -0.2) is 22.1 Å². The van der Waals surface area contributed by atoms with Crippen molar-refractivity contribution in [1.82, 2.24) is 9.97 Å². The molecule has 0 aromatic carbocycles. The molecule has 0 aliphatic rings. The Morgan fingerprint density at radius 1 is 1.31 bits per heavy atom. The molecule has 2 N–H and O–H groups in total. The minimum absolute atomic E-state index is 0.429. The summed E-state index contributed by atoms with van der Waals surface area (Å²) in [6.45, 7) is 3.52. The molecule has 1 amide bonds. The Balaban J connectivity index is 3.31. The van der Waals surface area contributed by atoms with E-state index in [9.17, 15) is 4.79 Å². The molecule has 70 valence electrons. The van der Waals surface area contributed by atoms with Gasteiger partial charge in [-0.3, -0.25) is 4.79 Å². The van der Waals surface area contributed by atoms with E-state index in [1.807, 2.05) is 6.26 Å². The van der Waals surface area contributed by atoms with Crippen molar-refractivity contribution in [2.75, 3.05) is 6.26 Å². The van der Waals surface area contributed by atoms with E-state index < -0.39 is 5.91 Å². The predicted octanol–water partition coefficient (Wildman–Crippen LogP) is 0.914. The third-order valence-corrected chi connectivity index (χ3v) is 2.23. The normalized spacial score (nSPS) is 10.1. The Morgan fingerprint density at radius 2 is 1.77 bits per heavy atom. The number of thioether (sulfide) groups is 1. The van der Waals surface area contributed by atoms with Gasteiger partial charge in [-0.25, -0.2) is 9.97 Å². The number of amides is 1. The SMILES string of the molecule is CSc1nc(C)c(C(N)=O)c(C)n1. The van der Waals surface area contributed by atoms with Gasteiger partial charge in [0.05, 0.1) is 17.0 Å². The lowest BCUT2D eigenvalue weighted by molar-refractivity contribution is 0.0998. The third kappa shape index (κ3) is 1.98. The summed E-state index contributed by atoms with van der Waals surface area (Å²) in [4.78, 5) is 19.2. The maximum atomic E-state index is 11.0. The number of nitrogens with two attached hydrogens (primary N) is 1. The molecule has 0 unspecified atom stereocenters. The maximum Gasteiger partial charge on any atom is 0.252 e. The Labute approximate surface area is 81.0 Å². The molecule has 4 nitrogen and oxygen atoms in total. The lowest BCUT2D eigenvalue weighted by atomic mass is 10.2. The first-order valence-corrected chi connectivity index (χ1v) is 4.97. The number of hydrogen-bond donors (Lipinski definition) is 1. The molecule has 0 aliphatic heterocycles. The fourth-order valence-electron chi connectivity index (χ4n) is 1.13. The second kappa shape index (κ2) is 3.74. The van der Waals surface area contributed by atoms with E-state index in [4.69, 9.17) is 5.73 Å². The van der Waals surface area contributed by atoms with Gasteiger partial charge >= 0.3 is 0 Å². The summed E-state index contributed by atoms with van der Waals surface area (Å²) >= 11 is 1.44. The number of hydrogen-bond acceptors (Lipinski definition) is 4. The van der Waals surface area contributed by atoms with Crippen molar-refractivity contribution in [2.45, 2.75) is 19.0 Å². The van der Waals surface area contributed by atoms with E-state index in [1.54, 1.807) is 13.8 Å². The minimum Gasteiger partial charge on any atom is -0.365 e. The summed E-state index contributed by atoms with van der Waals surface area (Å²) in [5.41, 5.74) is 6.90. The van der Waals surface area contributed by atoms with Crippen molar-refractivity contribution in [3.63, 3.8) is 0 Å². The Hall–Kier alpha value is -1.10. The van der Waals surface area contributed by atoms with Crippen molar-refractivity contribution in [2.24, 2.45) is 5.73 Å². The number of carbonyl (C=O) groups is 1. The molecule has 0 atom stereocenters. The number of rotatable bonds is 2. The molecule has 0 saturated heterocycles. The summed E-state index contributed by atoms with van der Waals surface area (Å²) in [7, 11) is 0. The number of carbonyl (C=O) groups excluding carboxylic acids is 1. The van der Waals surface area contributed by atoms with E-state index in [1.165, 1.54) is 11.8 Å². The first-order chi connectivity index (χ1) is 6.06. The van der Waals surface area contributed by atoms with Crippen LogP contribution in [0.15, 0.2) is 5.16 Å². The fraction of sp³-hybridized carbons (Fsp3) is 0.375. The van der Waals surface area contributed by atoms with Crippen LogP contribution >= 0.6 is 11.8 Å². The highest BCUT2D eigenvalue weighted by atomic mass is 32.2. The van der Waals surface area contributed by atoms with Crippen LogP contribution in [0.1, 0.15) is 21.7 Å². The molecule has 0 fully saturated rings. The second-order valence-electron chi connectivity index (χ2n) is 2.62. The van der Waals surface area contributed by atoms with Crippen LogP contribution in [0, 0.1) is 13.8 Å². The molecule has 0 bridgehead atoms. The number of nitrogens with zero attached hydrogens (tertiary/aromatic N) is 2. The van der Waals surface area contributed by atoms with Gasteiger partial charge in [0.2, 0.25) is 0 Å².